The quantitative estimate of drug-likeness (QED) is 0.681. The molecule has 4 nitrogen and oxygen atoms in total. The van der Waals surface area contributed by atoms with Gasteiger partial charge in [0, 0.05) is 13.1 Å². The highest BCUT2D eigenvalue weighted by molar-refractivity contribution is 8.13. The summed E-state index contributed by atoms with van der Waals surface area (Å²) < 4.78 is 1.23. The first-order valence-electron chi connectivity index (χ1n) is 3.73. The van der Waals surface area contributed by atoms with E-state index in [-0.39, 0.29) is 17.1 Å². The fraction of sp³-hybridized carbons (Fsp3) is 0.375. The Labute approximate surface area is 80.0 Å². The Morgan fingerprint density at radius 3 is 2.85 bits per heavy atom. The predicted molar refractivity (Wildman–Crippen MR) is 51.7 cm³/mol. The topological polar surface area (TPSA) is 52.0 Å². The van der Waals surface area contributed by atoms with Crippen LogP contribution in [0.4, 0.5) is 0 Å². The maximum atomic E-state index is 11.0. The zero-order valence-electron chi connectivity index (χ0n) is 7.48. The number of aromatic nitrogens is 2. The van der Waals surface area contributed by atoms with Gasteiger partial charge in [-0.15, -0.1) is 0 Å². The summed E-state index contributed by atoms with van der Waals surface area (Å²) in [7, 11) is 1.56. The lowest BCUT2D eigenvalue weighted by Gasteiger charge is -1.99. The number of carbonyl (C=O) groups is 1. The first kappa shape index (κ1) is 9.98. The van der Waals surface area contributed by atoms with E-state index in [1.54, 1.807) is 19.4 Å². The summed E-state index contributed by atoms with van der Waals surface area (Å²) in [5, 5.41) is 3.98. The Kier molecular flexibility index (Phi) is 3.25. The summed E-state index contributed by atoms with van der Waals surface area (Å²) in [6.07, 6.45) is 2.00. The number of aryl methyl sites for hydroxylation is 1. The summed E-state index contributed by atoms with van der Waals surface area (Å²) in [5.74, 6) is 0. The van der Waals surface area contributed by atoms with Gasteiger partial charge in [-0.1, -0.05) is 11.8 Å². The van der Waals surface area contributed by atoms with Crippen LogP contribution in [-0.2, 0) is 18.3 Å². The van der Waals surface area contributed by atoms with E-state index in [0.29, 0.717) is 5.69 Å². The standard InChI is InChI=1S/C8H10N2O2S/c1-10-7(11)4-3-6(9-10)5-8(12)13-2/h3-4H,5H2,1-2H3. The molecule has 0 aromatic carbocycles. The molecular weight excluding hydrogens is 188 g/mol. The minimum Gasteiger partial charge on any atom is -0.287 e. The Balaban J connectivity index is 2.86. The van der Waals surface area contributed by atoms with Crippen LogP contribution in [0.25, 0.3) is 0 Å². The largest absolute Gasteiger partial charge is 0.287 e. The van der Waals surface area contributed by atoms with Crippen LogP contribution in [0.1, 0.15) is 5.69 Å². The fourth-order valence-electron chi connectivity index (χ4n) is 0.865. The highest BCUT2D eigenvalue weighted by Gasteiger charge is 2.03. The van der Waals surface area contributed by atoms with Gasteiger partial charge in [0.1, 0.15) is 0 Å². The van der Waals surface area contributed by atoms with E-state index < -0.39 is 0 Å². The normalized spacial score (nSPS) is 10.0. The van der Waals surface area contributed by atoms with Gasteiger partial charge in [0.2, 0.25) is 0 Å². The summed E-state index contributed by atoms with van der Waals surface area (Å²) in [4.78, 5) is 21.9. The fourth-order valence-corrected chi connectivity index (χ4v) is 1.16. The SMILES string of the molecule is CSC(=O)Cc1ccc(=O)n(C)n1. The molecule has 0 amide bonds. The molecule has 0 saturated carbocycles. The van der Waals surface area contributed by atoms with Gasteiger partial charge in [-0.05, 0) is 12.3 Å². The number of rotatable bonds is 2. The summed E-state index contributed by atoms with van der Waals surface area (Å²) in [6, 6.07) is 2.99. The maximum Gasteiger partial charge on any atom is 0.266 e. The van der Waals surface area contributed by atoms with Gasteiger partial charge in [0.15, 0.2) is 5.12 Å². The number of carbonyl (C=O) groups excluding carboxylic acids is 1. The van der Waals surface area contributed by atoms with Crippen LogP contribution in [0.3, 0.4) is 0 Å². The third kappa shape index (κ3) is 2.69. The molecule has 0 spiro atoms. The van der Waals surface area contributed by atoms with Gasteiger partial charge < -0.3 is 0 Å². The van der Waals surface area contributed by atoms with E-state index in [4.69, 9.17) is 0 Å². The van der Waals surface area contributed by atoms with Crippen molar-refractivity contribution in [3.63, 3.8) is 0 Å². The molecule has 0 bridgehead atoms. The van der Waals surface area contributed by atoms with Gasteiger partial charge in [-0.25, -0.2) is 4.68 Å². The number of hydrogen-bond donors (Lipinski definition) is 0. The average Bonchev–Trinajstić information content (AvgIpc) is 2.11. The van der Waals surface area contributed by atoms with Crippen molar-refractivity contribution in [2.45, 2.75) is 6.42 Å². The number of nitrogens with zero attached hydrogens (tertiary/aromatic N) is 2. The smallest absolute Gasteiger partial charge is 0.266 e. The van der Waals surface area contributed by atoms with E-state index in [0.717, 1.165) is 11.8 Å². The molecule has 0 aliphatic rings. The van der Waals surface area contributed by atoms with Crippen LogP contribution < -0.4 is 5.56 Å². The van der Waals surface area contributed by atoms with Gasteiger partial charge in [-0.2, -0.15) is 5.10 Å². The molecule has 0 saturated heterocycles. The molecule has 1 aromatic rings. The van der Waals surface area contributed by atoms with E-state index >= 15 is 0 Å². The monoisotopic (exact) mass is 198 g/mol. The Hall–Kier alpha value is -1.10. The predicted octanol–water partition coefficient (Wildman–Crippen LogP) is 0.212. The van der Waals surface area contributed by atoms with Gasteiger partial charge >= 0.3 is 0 Å². The second kappa shape index (κ2) is 4.23. The van der Waals surface area contributed by atoms with E-state index in [9.17, 15) is 9.59 Å². The summed E-state index contributed by atoms with van der Waals surface area (Å²) in [5.41, 5.74) is 0.460. The molecule has 0 aliphatic heterocycles. The van der Waals surface area contributed by atoms with Crippen molar-refractivity contribution >= 4 is 16.9 Å². The van der Waals surface area contributed by atoms with Gasteiger partial charge in [0.25, 0.3) is 5.56 Å². The van der Waals surface area contributed by atoms with Crippen LogP contribution in [0.15, 0.2) is 16.9 Å². The van der Waals surface area contributed by atoms with Gasteiger partial charge in [0.05, 0.1) is 12.1 Å². The zero-order valence-corrected chi connectivity index (χ0v) is 8.30. The molecule has 13 heavy (non-hydrogen) atoms. The zero-order chi connectivity index (χ0) is 9.84. The Bertz CT molecular complexity index is 373. The minimum atomic E-state index is -0.166. The first-order valence-corrected chi connectivity index (χ1v) is 4.96. The molecule has 0 radical (unpaired) electrons. The number of thioether (sulfide) groups is 1. The van der Waals surface area contributed by atoms with Crippen LogP contribution in [-0.4, -0.2) is 21.2 Å². The molecule has 0 atom stereocenters. The van der Waals surface area contributed by atoms with Crippen molar-refractivity contribution < 1.29 is 4.79 Å². The van der Waals surface area contributed by atoms with Crippen LogP contribution in [0, 0.1) is 0 Å². The lowest BCUT2D eigenvalue weighted by Crippen LogP contribution is -2.20. The molecule has 5 heteroatoms. The molecule has 1 aromatic heterocycles. The van der Waals surface area contributed by atoms with Crippen molar-refractivity contribution in [1.29, 1.82) is 0 Å². The highest BCUT2D eigenvalue weighted by Crippen LogP contribution is 2.01. The second-order valence-corrected chi connectivity index (χ2v) is 3.40. The van der Waals surface area contributed by atoms with Crippen molar-refractivity contribution in [3.8, 4) is 0 Å². The lowest BCUT2D eigenvalue weighted by atomic mass is 10.3. The van der Waals surface area contributed by atoms with Gasteiger partial charge in [-0.3, -0.25) is 9.59 Å². The van der Waals surface area contributed by atoms with Crippen LogP contribution in [0.2, 0.25) is 0 Å². The summed E-state index contributed by atoms with van der Waals surface area (Å²) in [6.45, 7) is 0. The third-order valence-electron chi connectivity index (χ3n) is 1.57. The minimum absolute atomic E-state index is 0.0474. The molecule has 1 heterocycles. The van der Waals surface area contributed by atoms with E-state index in [1.807, 2.05) is 0 Å². The molecule has 0 aliphatic carbocycles. The Morgan fingerprint density at radius 1 is 1.62 bits per heavy atom. The van der Waals surface area contributed by atoms with Crippen molar-refractivity contribution in [2.75, 3.05) is 6.26 Å². The highest BCUT2D eigenvalue weighted by atomic mass is 32.2. The Morgan fingerprint density at radius 2 is 2.31 bits per heavy atom. The third-order valence-corrected chi connectivity index (χ3v) is 2.17. The van der Waals surface area contributed by atoms with Crippen molar-refractivity contribution in [3.05, 3.63) is 28.2 Å². The maximum absolute atomic E-state index is 11.0. The average molecular weight is 198 g/mol. The van der Waals surface area contributed by atoms with Crippen molar-refractivity contribution in [2.24, 2.45) is 7.05 Å². The lowest BCUT2D eigenvalue weighted by molar-refractivity contribution is -0.110. The summed E-state index contributed by atoms with van der Waals surface area (Å²) >= 11 is 1.16. The van der Waals surface area contributed by atoms with Crippen LogP contribution in [0.5, 0.6) is 0 Å². The van der Waals surface area contributed by atoms with Crippen LogP contribution >= 0.6 is 11.8 Å². The van der Waals surface area contributed by atoms with Crippen molar-refractivity contribution in [1.82, 2.24) is 9.78 Å². The molecule has 0 N–H and O–H groups in total. The number of hydrogen-bond acceptors (Lipinski definition) is 4. The molecular formula is C8H10N2O2S. The second-order valence-electron chi connectivity index (χ2n) is 2.54. The van der Waals surface area contributed by atoms with E-state index in [1.165, 1.54) is 10.7 Å². The van der Waals surface area contributed by atoms with E-state index in [2.05, 4.69) is 5.10 Å². The molecule has 70 valence electrons. The molecule has 0 unspecified atom stereocenters. The molecule has 0 fully saturated rings. The first-order chi connectivity index (χ1) is 6.13. The molecule has 1 rings (SSSR count).